The van der Waals surface area contributed by atoms with E-state index in [9.17, 15) is 0 Å². The third-order valence-electron chi connectivity index (χ3n) is 2.31. The van der Waals surface area contributed by atoms with Crippen molar-refractivity contribution in [2.24, 2.45) is 0 Å². The van der Waals surface area contributed by atoms with Crippen molar-refractivity contribution in [1.82, 2.24) is 9.97 Å². The third-order valence-corrected chi connectivity index (χ3v) is 3.82. The van der Waals surface area contributed by atoms with Crippen molar-refractivity contribution in [2.75, 3.05) is 0 Å². The Balaban J connectivity index is 2.11. The Kier molecular flexibility index (Phi) is 4.58. The summed E-state index contributed by atoms with van der Waals surface area (Å²) in [6, 6.07) is 9.46. The number of hydrogen-bond donors (Lipinski definition) is 1. The SMILES string of the molecule is Cc1cc(CO)nc(CSc2ccccc2Cl)n1. The largest absolute Gasteiger partial charge is 0.390 e. The number of aliphatic hydroxyl groups is 1. The molecule has 0 saturated heterocycles. The van der Waals surface area contributed by atoms with Crippen LogP contribution in [0.4, 0.5) is 0 Å². The van der Waals surface area contributed by atoms with E-state index in [4.69, 9.17) is 16.7 Å². The van der Waals surface area contributed by atoms with E-state index >= 15 is 0 Å². The summed E-state index contributed by atoms with van der Waals surface area (Å²) in [5.41, 5.74) is 1.51. The second-order valence-electron chi connectivity index (χ2n) is 3.79. The molecule has 2 aromatic rings. The highest BCUT2D eigenvalue weighted by molar-refractivity contribution is 7.98. The summed E-state index contributed by atoms with van der Waals surface area (Å²) in [7, 11) is 0. The van der Waals surface area contributed by atoms with Crippen LogP contribution in [0.5, 0.6) is 0 Å². The summed E-state index contributed by atoms with van der Waals surface area (Å²) in [5.74, 6) is 1.35. The summed E-state index contributed by atoms with van der Waals surface area (Å²) < 4.78 is 0. The summed E-state index contributed by atoms with van der Waals surface area (Å²) in [5, 5.41) is 9.83. The molecule has 18 heavy (non-hydrogen) atoms. The Labute approximate surface area is 115 Å². The minimum Gasteiger partial charge on any atom is -0.390 e. The van der Waals surface area contributed by atoms with Crippen molar-refractivity contribution in [1.29, 1.82) is 0 Å². The van der Waals surface area contributed by atoms with Gasteiger partial charge in [0.15, 0.2) is 0 Å². The fraction of sp³-hybridized carbons (Fsp3) is 0.231. The van der Waals surface area contributed by atoms with Gasteiger partial charge in [0, 0.05) is 10.6 Å². The zero-order valence-corrected chi connectivity index (χ0v) is 11.5. The molecule has 0 aliphatic rings. The number of nitrogens with zero attached hydrogens (tertiary/aromatic N) is 2. The number of halogens is 1. The van der Waals surface area contributed by atoms with Crippen LogP contribution in [0.3, 0.4) is 0 Å². The van der Waals surface area contributed by atoms with Gasteiger partial charge < -0.3 is 5.11 Å². The molecule has 0 spiro atoms. The van der Waals surface area contributed by atoms with Gasteiger partial charge in [-0.25, -0.2) is 9.97 Å². The Bertz CT molecular complexity index is 548. The lowest BCUT2D eigenvalue weighted by Gasteiger charge is -2.05. The Morgan fingerprint density at radius 1 is 1.28 bits per heavy atom. The highest BCUT2D eigenvalue weighted by Crippen LogP contribution is 2.28. The van der Waals surface area contributed by atoms with Crippen molar-refractivity contribution >= 4 is 23.4 Å². The number of aromatic nitrogens is 2. The Morgan fingerprint density at radius 3 is 2.78 bits per heavy atom. The van der Waals surface area contributed by atoms with Gasteiger partial charge in [-0.15, -0.1) is 11.8 Å². The predicted molar refractivity (Wildman–Crippen MR) is 73.7 cm³/mol. The van der Waals surface area contributed by atoms with Crippen LogP contribution in [0.25, 0.3) is 0 Å². The monoisotopic (exact) mass is 280 g/mol. The van der Waals surface area contributed by atoms with Crippen molar-refractivity contribution in [3.63, 3.8) is 0 Å². The molecule has 0 aliphatic heterocycles. The van der Waals surface area contributed by atoms with Crippen LogP contribution in [0.15, 0.2) is 35.2 Å². The van der Waals surface area contributed by atoms with Crippen LogP contribution in [0.1, 0.15) is 17.2 Å². The van der Waals surface area contributed by atoms with Gasteiger partial charge in [-0.05, 0) is 25.1 Å². The number of hydrogen-bond acceptors (Lipinski definition) is 4. The van der Waals surface area contributed by atoms with Crippen LogP contribution >= 0.6 is 23.4 Å². The summed E-state index contributed by atoms with van der Waals surface area (Å²) in [6.45, 7) is 1.83. The lowest BCUT2D eigenvalue weighted by Crippen LogP contribution is -2.00. The topological polar surface area (TPSA) is 46.0 Å². The number of thioether (sulfide) groups is 1. The van der Waals surface area contributed by atoms with Crippen molar-refractivity contribution in [3.05, 3.63) is 52.6 Å². The molecule has 5 heteroatoms. The van der Waals surface area contributed by atoms with E-state index in [-0.39, 0.29) is 6.61 Å². The lowest BCUT2D eigenvalue weighted by molar-refractivity contribution is 0.276. The summed E-state index contributed by atoms with van der Waals surface area (Å²) >= 11 is 7.67. The molecular weight excluding hydrogens is 268 g/mol. The van der Waals surface area contributed by atoms with Crippen LogP contribution in [-0.4, -0.2) is 15.1 Å². The fourth-order valence-corrected chi connectivity index (χ4v) is 2.64. The standard InChI is InChI=1S/C13H13ClN2OS/c1-9-6-10(7-17)16-13(15-9)8-18-12-5-3-2-4-11(12)14/h2-6,17H,7-8H2,1H3. The van der Waals surface area contributed by atoms with E-state index in [0.29, 0.717) is 17.3 Å². The second kappa shape index (κ2) is 6.18. The molecule has 0 amide bonds. The van der Waals surface area contributed by atoms with Gasteiger partial charge in [-0.2, -0.15) is 0 Å². The maximum Gasteiger partial charge on any atom is 0.139 e. The average Bonchev–Trinajstić information content (AvgIpc) is 2.37. The number of rotatable bonds is 4. The van der Waals surface area contributed by atoms with E-state index in [1.165, 1.54) is 0 Å². The quantitative estimate of drug-likeness (QED) is 0.874. The molecule has 1 aromatic carbocycles. The van der Waals surface area contributed by atoms with Crippen LogP contribution < -0.4 is 0 Å². The molecule has 0 radical (unpaired) electrons. The van der Waals surface area contributed by atoms with Gasteiger partial charge >= 0.3 is 0 Å². The molecule has 0 unspecified atom stereocenters. The maximum absolute atomic E-state index is 9.10. The molecule has 0 aliphatic carbocycles. The molecule has 3 nitrogen and oxygen atoms in total. The minimum atomic E-state index is -0.0624. The number of benzene rings is 1. The molecule has 2 rings (SSSR count). The molecule has 0 bridgehead atoms. The molecule has 1 N–H and O–H groups in total. The van der Waals surface area contributed by atoms with Gasteiger partial charge in [0.1, 0.15) is 5.82 Å². The number of aryl methyl sites for hydroxylation is 1. The molecule has 0 saturated carbocycles. The second-order valence-corrected chi connectivity index (χ2v) is 5.22. The van der Waals surface area contributed by atoms with Gasteiger partial charge in [-0.3, -0.25) is 0 Å². The first-order chi connectivity index (χ1) is 8.69. The zero-order valence-electron chi connectivity index (χ0n) is 9.93. The van der Waals surface area contributed by atoms with E-state index in [1.54, 1.807) is 17.8 Å². The average molecular weight is 281 g/mol. The molecule has 0 atom stereocenters. The minimum absolute atomic E-state index is 0.0624. The van der Waals surface area contributed by atoms with Gasteiger partial charge in [-0.1, -0.05) is 23.7 Å². The van der Waals surface area contributed by atoms with Crippen LogP contribution in [-0.2, 0) is 12.4 Å². The van der Waals surface area contributed by atoms with E-state index in [0.717, 1.165) is 15.6 Å². The maximum atomic E-state index is 9.10. The smallest absolute Gasteiger partial charge is 0.139 e. The molecule has 1 aromatic heterocycles. The van der Waals surface area contributed by atoms with Crippen molar-refractivity contribution in [3.8, 4) is 0 Å². The Morgan fingerprint density at radius 2 is 2.06 bits per heavy atom. The number of aliphatic hydroxyl groups excluding tert-OH is 1. The van der Waals surface area contributed by atoms with Crippen LogP contribution in [0.2, 0.25) is 5.02 Å². The predicted octanol–water partition coefficient (Wildman–Crippen LogP) is 3.22. The normalized spacial score (nSPS) is 10.6. The third kappa shape index (κ3) is 3.45. The lowest BCUT2D eigenvalue weighted by atomic mass is 10.3. The van der Waals surface area contributed by atoms with E-state index in [2.05, 4.69) is 9.97 Å². The van der Waals surface area contributed by atoms with Crippen molar-refractivity contribution < 1.29 is 5.11 Å². The van der Waals surface area contributed by atoms with Gasteiger partial charge in [0.05, 0.1) is 23.1 Å². The Hall–Kier alpha value is -1.10. The first-order valence-corrected chi connectivity index (χ1v) is 6.87. The fourth-order valence-electron chi connectivity index (χ4n) is 1.55. The summed E-state index contributed by atoms with van der Waals surface area (Å²) in [4.78, 5) is 9.62. The summed E-state index contributed by atoms with van der Waals surface area (Å²) in [6.07, 6.45) is 0. The van der Waals surface area contributed by atoms with Gasteiger partial charge in [0.2, 0.25) is 0 Å². The molecule has 0 fully saturated rings. The molecule has 1 heterocycles. The molecular formula is C13H13ClN2OS. The molecule has 94 valence electrons. The van der Waals surface area contributed by atoms with Crippen LogP contribution in [0, 0.1) is 6.92 Å². The van der Waals surface area contributed by atoms with Crippen molar-refractivity contribution in [2.45, 2.75) is 24.2 Å². The van der Waals surface area contributed by atoms with Gasteiger partial charge in [0.25, 0.3) is 0 Å². The highest BCUT2D eigenvalue weighted by atomic mass is 35.5. The van der Waals surface area contributed by atoms with E-state index in [1.807, 2.05) is 31.2 Å². The highest BCUT2D eigenvalue weighted by Gasteiger charge is 2.05. The zero-order chi connectivity index (χ0) is 13.0. The van der Waals surface area contributed by atoms with E-state index < -0.39 is 0 Å². The first kappa shape index (κ1) is 13.3. The first-order valence-electron chi connectivity index (χ1n) is 5.50.